The van der Waals surface area contributed by atoms with Crippen LogP contribution < -0.4 is 5.56 Å². The van der Waals surface area contributed by atoms with Gasteiger partial charge in [-0.15, -0.1) is 0 Å². The SMILES string of the molecule is O=c1[nH]c2nc(-c3ccccc3)c(-c3cc(Cl)c4ncccc4c3)cc2cc1Cl. The average molecular weight is 418 g/mol. The molecule has 0 bridgehead atoms. The number of halogens is 2. The van der Waals surface area contributed by atoms with Crippen molar-refractivity contribution in [2.45, 2.75) is 0 Å². The van der Waals surface area contributed by atoms with Crippen molar-refractivity contribution in [3.63, 3.8) is 0 Å². The van der Waals surface area contributed by atoms with Crippen molar-refractivity contribution in [2.75, 3.05) is 0 Å². The minimum Gasteiger partial charge on any atom is -0.305 e. The van der Waals surface area contributed by atoms with Crippen LogP contribution in [0.1, 0.15) is 0 Å². The number of aromatic amines is 1. The molecule has 0 aliphatic carbocycles. The normalized spacial score (nSPS) is 11.2. The number of rotatable bonds is 2. The zero-order chi connectivity index (χ0) is 20.0. The molecule has 0 amide bonds. The molecule has 5 aromatic rings. The summed E-state index contributed by atoms with van der Waals surface area (Å²) >= 11 is 12.6. The summed E-state index contributed by atoms with van der Waals surface area (Å²) in [5.74, 6) is 0. The van der Waals surface area contributed by atoms with E-state index < -0.39 is 0 Å². The van der Waals surface area contributed by atoms with E-state index in [1.165, 1.54) is 0 Å². The Bertz CT molecular complexity index is 1450. The number of nitrogens with one attached hydrogen (secondary N) is 1. The maximum absolute atomic E-state index is 12.0. The summed E-state index contributed by atoms with van der Waals surface area (Å²) in [5.41, 5.74) is 4.35. The molecule has 0 radical (unpaired) electrons. The Kier molecular flexibility index (Phi) is 4.31. The number of aromatic nitrogens is 3. The molecule has 0 aliphatic heterocycles. The Morgan fingerprint density at radius 1 is 0.793 bits per heavy atom. The molecular weight excluding hydrogens is 405 g/mol. The van der Waals surface area contributed by atoms with Gasteiger partial charge in [-0.3, -0.25) is 9.78 Å². The first kappa shape index (κ1) is 17.9. The molecule has 0 saturated heterocycles. The standard InChI is InChI=1S/C23H13Cl2N3O/c24-18-11-15(9-14-7-4-8-26-21(14)18)17-10-16-12-19(25)23(29)28-22(16)27-20(17)13-5-2-1-3-6-13/h1-12H,(H,27,28,29). The van der Waals surface area contributed by atoms with E-state index in [1.54, 1.807) is 12.3 Å². The molecule has 0 unspecified atom stereocenters. The van der Waals surface area contributed by atoms with Gasteiger partial charge in [0.25, 0.3) is 5.56 Å². The Hall–Kier alpha value is -3.21. The van der Waals surface area contributed by atoms with Crippen molar-refractivity contribution in [3.05, 3.63) is 93.3 Å². The molecule has 4 nitrogen and oxygen atoms in total. The Morgan fingerprint density at radius 2 is 1.62 bits per heavy atom. The summed E-state index contributed by atoms with van der Waals surface area (Å²) < 4.78 is 0. The van der Waals surface area contributed by atoms with Crippen molar-refractivity contribution >= 4 is 45.1 Å². The van der Waals surface area contributed by atoms with Crippen LogP contribution in [0.4, 0.5) is 0 Å². The average Bonchev–Trinajstić information content (AvgIpc) is 2.74. The topological polar surface area (TPSA) is 58.6 Å². The number of H-pyrrole nitrogens is 1. The quantitative estimate of drug-likeness (QED) is 0.376. The van der Waals surface area contributed by atoms with Gasteiger partial charge in [0, 0.05) is 28.1 Å². The van der Waals surface area contributed by atoms with Crippen LogP contribution in [-0.2, 0) is 0 Å². The lowest BCUT2D eigenvalue weighted by Gasteiger charge is -2.13. The minimum absolute atomic E-state index is 0.124. The van der Waals surface area contributed by atoms with Crippen molar-refractivity contribution in [1.29, 1.82) is 0 Å². The van der Waals surface area contributed by atoms with Crippen LogP contribution in [0.3, 0.4) is 0 Å². The van der Waals surface area contributed by atoms with Gasteiger partial charge in [0.15, 0.2) is 0 Å². The first-order chi connectivity index (χ1) is 14.1. The molecule has 2 aromatic carbocycles. The Morgan fingerprint density at radius 3 is 2.45 bits per heavy atom. The summed E-state index contributed by atoms with van der Waals surface area (Å²) in [7, 11) is 0. The number of hydrogen-bond donors (Lipinski definition) is 1. The third-order valence-corrected chi connectivity index (χ3v) is 5.37. The largest absolute Gasteiger partial charge is 0.305 e. The van der Waals surface area contributed by atoms with Gasteiger partial charge >= 0.3 is 0 Å². The smallest absolute Gasteiger partial charge is 0.268 e. The molecule has 0 fully saturated rings. The molecule has 1 N–H and O–H groups in total. The van der Waals surface area contributed by atoms with Gasteiger partial charge in [0.1, 0.15) is 10.7 Å². The highest BCUT2D eigenvalue weighted by atomic mass is 35.5. The molecule has 0 spiro atoms. The second-order valence-corrected chi connectivity index (χ2v) is 7.48. The highest BCUT2D eigenvalue weighted by Gasteiger charge is 2.15. The number of hydrogen-bond acceptors (Lipinski definition) is 3. The van der Waals surface area contributed by atoms with E-state index in [1.807, 2.05) is 60.7 Å². The van der Waals surface area contributed by atoms with E-state index in [0.717, 1.165) is 38.7 Å². The van der Waals surface area contributed by atoms with Gasteiger partial charge in [-0.25, -0.2) is 4.98 Å². The lowest BCUT2D eigenvalue weighted by molar-refractivity contribution is 1.23. The van der Waals surface area contributed by atoms with Crippen LogP contribution in [0.5, 0.6) is 0 Å². The van der Waals surface area contributed by atoms with E-state index >= 15 is 0 Å². The maximum Gasteiger partial charge on any atom is 0.268 e. The van der Waals surface area contributed by atoms with Crippen LogP contribution in [0, 0.1) is 0 Å². The Balaban J connectivity index is 1.86. The fourth-order valence-corrected chi connectivity index (χ4v) is 3.89. The van der Waals surface area contributed by atoms with E-state index in [4.69, 9.17) is 28.2 Å². The second-order valence-electron chi connectivity index (χ2n) is 6.67. The van der Waals surface area contributed by atoms with Crippen LogP contribution in [0.2, 0.25) is 10.0 Å². The van der Waals surface area contributed by atoms with Gasteiger partial charge in [-0.2, -0.15) is 0 Å². The van der Waals surface area contributed by atoms with Gasteiger partial charge in [-0.05, 0) is 35.9 Å². The second kappa shape index (κ2) is 6.99. The number of nitrogens with zero attached hydrogens (tertiary/aromatic N) is 2. The number of benzene rings is 2. The molecule has 140 valence electrons. The molecule has 29 heavy (non-hydrogen) atoms. The highest BCUT2D eigenvalue weighted by molar-refractivity contribution is 6.35. The van der Waals surface area contributed by atoms with E-state index in [0.29, 0.717) is 10.7 Å². The van der Waals surface area contributed by atoms with Crippen LogP contribution in [0.15, 0.2) is 77.7 Å². The summed E-state index contributed by atoms with van der Waals surface area (Å²) in [4.78, 5) is 23.9. The van der Waals surface area contributed by atoms with Crippen LogP contribution in [0.25, 0.3) is 44.3 Å². The fourth-order valence-electron chi connectivity index (χ4n) is 3.45. The third kappa shape index (κ3) is 3.16. The molecule has 0 saturated carbocycles. The van der Waals surface area contributed by atoms with Crippen LogP contribution >= 0.6 is 23.2 Å². The molecule has 3 heterocycles. The van der Waals surface area contributed by atoms with Crippen molar-refractivity contribution < 1.29 is 0 Å². The fraction of sp³-hybridized carbons (Fsp3) is 0. The Labute approximate surface area is 175 Å². The van der Waals surface area contributed by atoms with Gasteiger partial charge in [0.2, 0.25) is 0 Å². The summed E-state index contributed by atoms with van der Waals surface area (Å²) in [5, 5.41) is 2.37. The minimum atomic E-state index is -0.363. The first-order valence-electron chi connectivity index (χ1n) is 8.94. The van der Waals surface area contributed by atoms with E-state index in [-0.39, 0.29) is 10.6 Å². The molecular formula is C23H13Cl2N3O. The van der Waals surface area contributed by atoms with Gasteiger partial charge < -0.3 is 4.98 Å². The van der Waals surface area contributed by atoms with Crippen molar-refractivity contribution in [2.24, 2.45) is 0 Å². The zero-order valence-electron chi connectivity index (χ0n) is 15.0. The van der Waals surface area contributed by atoms with Gasteiger partial charge in [0.05, 0.1) is 16.2 Å². The lowest BCUT2D eigenvalue weighted by atomic mass is 9.97. The molecule has 3 aromatic heterocycles. The predicted molar refractivity (Wildman–Crippen MR) is 119 cm³/mol. The summed E-state index contributed by atoms with van der Waals surface area (Å²) in [6.07, 6.45) is 1.72. The lowest BCUT2D eigenvalue weighted by Crippen LogP contribution is -2.07. The maximum atomic E-state index is 12.0. The first-order valence-corrected chi connectivity index (χ1v) is 9.69. The van der Waals surface area contributed by atoms with Gasteiger partial charge in [-0.1, -0.05) is 59.6 Å². The molecule has 0 atom stereocenters. The zero-order valence-corrected chi connectivity index (χ0v) is 16.5. The number of fused-ring (bicyclic) bond motifs is 2. The predicted octanol–water partition coefficient (Wildman–Crippen LogP) is 6.11. The highest BCUT2D eigenvalue weighted by Crippen LogP contribution is 2.36. The van der Waals surface area contributed by atoms with Crippen LogP contribution in [-0.4, -0.2) is 15.0 Å². The van der Waals surface area contributed by atoms with Crippen molar-refractivity contribution in [3.8, 4) is 22.4 Å². The summed E-state index contributed by atoms with van der Waals surface area (Å²) in [6.45, 7) is 0. The van der Waals surface area contributed by atoms with E-state index in [2.05, 4.69) is 9.97 Å². The molecule has 0 aliphatic rings. The monoisotopic (exact) mass is 417 g/mol. The van der Waals surface area contributed by atoms with E-state index in [9.17, 15) is 4.79 Å². The number of pyridine rings is 3. The third-order valence-electron chi connectivity index (χ3n) is 4.80. The summed E-state index contributed by atoms with van der Waals surface area (Å²) in [6, 6.07) is 21.2. The molecule has 5 rings (SSSR count). The van der Waals surface area contributed by atoms with Crippen molar-refractivity contribution in [1.82, 2.24) is 15.0 Å². The molecule has 6 heteroatoms.